The van der Waals surface area contributed by atoms with Crippen molar-refractivity contribution in [3.05, 3.63) is 165 Å². The number of aromatic nitrogens is 4. The largest absolute Gasteiger partial charge is 0.386 e. The maximum absolute atomic E-state index is 15.1. The highest BCUT2D eigenvalue weighted by Gasteiger charge is 2.36. The van der Waals surface area contributed by atoms with E-state index in [9.17, 15) is 30.8 Å². The van der Waals surface area contributed by atoms with Crippen molar-refractivity contribution < 1.29 is 39.6 Å². The Labute approximate surface area is 378 Å². The summed E-state index contributed by atoms with van der Waals surface area (Å²) in [6.07, 6.45) is -3.78. The summed E-state index contributed by atoms with van der Waals surface area (Å²) in [6, 6.07) is 25.9. The molecule has 0 aliphatic heterocycles. The molecule has 0 radical (unpaired) electrons. The summed E-state index contributed by atoms with van der Waals surface area (Å²) in [5.41, 5.74) is -0.0659. The third-order valence-electron chi connectivity index (χ3n) is 10.5. The van der Waals surface area contributed by atoms with Crippen molar-refractivity contribution in [2.75, 3.05) is 18.6 Å². The molecular formula is C46H39ClF6N8O4S. The van der Waals surface area contributed by atoms with E-state index in [4.69, 9.17) is 22.0 Å². The Morgan fingerprint density at radius 1 is 0.894 bits per heavy atom. The van der Waals surface area contributed by atoms with Gasteiger partial charge in [0.25, 0.3) is 17.9 Å². The van der Waals surface area contributed by atoms with Gasteiger partial charge in [-0.25, -0.2) is 31.0 Å². The van der Waals surface area contributed by atoms with Crippen LogP contribution in [0.25, 0.3) is 38.8 Å². The number of hydrogen-bond donors (Lipinski definition) is 4. The first-order valence-electron chi connectivity index (χ1n) is 20.1. The topological polar surface area (TPSA) is 164 Å². The van der Waals surface area contributed by atoms with Crippen molar-refractivity contribution in [2.45, 2.75) is 44.7 Å². The number of sulfonamides is 1. The lowest BCUT2D eigenvalue weighted by atomic mass is 9.94. The standard InChI is InChI=1S/C46H39ClF6N8O4S/c1-4-46(52,53)38-23-35(42(50)51)58-60(38)24-39(62)56-36(20-25-18-28(48)22-29(49)19-25)44-57-34-21-27(31-13-9-8-12-30(31)26-10-6-5-7-11-26)14-15-32(34)45(63)61(44)37-17-16-33(47)40(41(37)55-2)43(54)59-66(3,64)65/h5-19,21-23,36,42,55H,4,20,24H2,1-3H3,(H2,54,59)(H,56,62)/t36-/m0/s1. The summed E-state index contributed by atoms with van der Waals surface area (Å²) in [5, 5.41) is 17.6. The fraction of sp³-hybridized carbons (Fsp3) is 0.196. The van der Waals surface area contributed by atoms with Gasteiger partial charge in [0.15, 0.2) is 0 Å². The Morgan fingerprint density at radius 2 is 1.55 bits per heavy atom. The average Bonchev–Trinajstić information content (AvgIpc) is 3.70. The zero-order chi connectivity index (χ0) is 47.7. The Bertz CT molecular complexity index is 3170. The Hall–Kier alpha value is -6.99. The van der Waals surface area contributed by atoms with Crippen molar-refractivity contribution in [1.82, 2.24) is 29.4 Å². The Kier molecular flexibility index (Phi) is 13.4. The first kappa shape index (κ1) is 47.0. The molecule has 0 aliphatic carbocycles. The molecule has 0 saturated carbocycles. The first-order valence-corrected chi connectivity index (χ1v) is 22.3. The third kappa shape index (κ3) is 9.96. The van der Waals surface area contributed by atoms with Crippen molar-refractivity contribution in [3.8, 4) is 27.9 Å². The van der Waals surface area contributed by atoms with E-state index in [-0.39, 0.29) is 44.3 Å². The van der Waals surface area contributed by atoms with Gasteiger partial charge in [-0.1, -0.05) is 79.2 Å². The molecule has 0 bridgehead atoms. The minimum Gasteiger partial charge on any atom is -0.386 e. The minimum absolute atomic E-state index is 0.0203. The molecule has 20 heteroatoms. The SMILES string of the molecule is CCC(F)(F)c1cc(C(F)F)nn1CC(=O)N[C@@H](Cc1cc(F)cc(F)c1)c1nc2cc(-c3ccccc3-c3ccccc3)ccc2c(=O)n1-c1ccc(Cl)c(C(=N)NS(C)(=O)=O)c1NC. The molecule has 66 heavy (non-hydrogen) atoms. The van der Waals surface area contributed by atoms with Crippen LogP contribution in [0.15, 0.2) is 114 Å². The van der Waals surface area contributed by atoms with Gasteiger partial charge in [-0.2, -0.15) is 13.9 Å². The van der Waals surface area contributed by atoms with Gasteiger partial charge in [0, 0.05) is 26.0 Å². The molecule has 1 amide bonds. The van der Waals surface area contributed by atoms with E-state index in [0.717, 1.165) is 46.6 Å². The number of nitrogens with zero attached hydrogens (tertiary/aromatic N) is 4. The van der Waals surface area contributed by atoms with Gasteiger partial charge < -0.3 is 10.6 Å². The molecule has 1 atom stereocenters. The van der Waals surface area contributed by atoms with Gasteiger partial charge in [0.2, 0.25) is 15.9 Å². The van der Waals surface area contributed by atoms with Crippen LogP contribution in [0.1, 0.15) is 54.2 Å². The van der Waals surface area contributed by atoms with Gasteiger partial charge in [-0.15, -0.1) is 0 Å². The van der Waals surface area contributed by atoms with E-state index in [1.807, 2.05) is 54.6 Å². The fourth-order valence-corrected chi connectivity index (χ4v) is 8.34. The number of amidine groups is 1. The fourth-order valence-electron chi connectivity index (χ4n) is 7.61. The summed E-state index contributed by atoms with van der Waals surface area (Å²) in [7, 11) is -2.64. The maximum Gasteiger partial charge on any atom is 0.289 e. The number of amides is 1. The number of hydrogen-bond acceptors (Lipinski definition) is 8. The van der Waals surface area contributed by atoms with Crippen molar-refractivity contribution in [3.63, 3.8) is 0 Å². The van der Waals surface area contributed by atoms with Gasteiger partial charge >= 0.3 is 0 Å². The predicted octanol–water partition coefficient (Wildman–Crippen LogP) is 9.30. The van der Waals surface area contributed by atoms with Crippen LogP contribution >= 0.6 is 11.6 Å². The highest BCUT2D eigenvalue weighted by atomic mass is 35.5. The van der Waals surface area contributed by atoms with Crippen molar-refractivity contribution in [1.29, 1.82) is 5.41 Å². The number of fused-ring (bicyclic) bond motifs is 1. The number of alkyl halides is 4. The second-order valence-electron chi connectivity index (χ2n) is 15.1. The van der Waals surface area contributed by atoms with Crippen molar-refractivity contribution >= 4 is 50.0 Å². The molecule has 342 valence electrons. The van der Waals surface area contributed by atoms with Crippen molar-refractivity contribution in [2.24, 2.45) is 0 Å². The zero-order valence-corrected chi connectivity index (χ0v) is 36.7. The highest BCUT2D eigenvalue weighted by Crippen LogP contribution is 2.37. The van der Waals surface area contributed by atoms with Gasteiger partial charge in [0.05, 0.1) is 45.2 Å². The number of benzene rings is 5. The molecule has 0 saturated heterocycles. The molecule has 7 aromatic rings. The number of carbonyl (C=O) groups is 1. The third-order valence-corrected chi connectivity index (χ3v) is 11.4. The average molecular weight is 949 g/mol. The molecule has 0 spiro atoms. The van der Waals surface area contributed by atoms with Crippen LogP contribution in [0.3, 0.4) is 0 Å². The normalized spacial score (nSPS) is 12.3. The van der Waals surface area contributed by atoms with Crippen LogP contribution in [-0.2, 0) is 33.7 Å². The molecule has 0 aliphatic rings. The van der Waals surface area contributed by atoms with Crippen LogP contribution in [0.5, 0.6) is 0 Å². The Balaban J connectivity index is 1.49. The lowest BCUT2D eigenvalue weighted by molar-refractivity contribution is -0.123. The van der Waals surface area contributed by atoms with E-state index >= 15 is 13.6 Å². The molecule has 2 aromatic heterocycles. The van der Waals surface area contributed by atoms with Gasteiger partial charge in [-0.3, -0.25) is 29.0 Å². The van der Waals surface area contributed by atoms with Crippen LogP contribution in [0, 0.1) is 17.0 Å². The predicted molar refractivity (Wildman–Crippen MR) is 240 cm³/mol. The van der Waals surface area contributed by atoms with Gasteiger partial charge in [-0.05, 0) is 70.3 Å². The molecule has 4 N–H and O–H groups in total. The van der Waals surface area contributed by atoms with Crippen LogP contribution in [0.2, 0.25) is 5.02 Å². The smallest absolute Gasteiger partial charge is 0.289 e. The maximum atomic E-state index is 15.1. The molecule has 2 heterocycles. The van der Waals surface area contributed by atoms with Crippen LogP contribution in [-0.4, -0.2) is 52.8 Å². The van der Waals surface area contributed by atoms with E-state index in [1.54, 1.807) is 12.1 Å². The summed E-state index contributed by atoms with van der Waals surface area (Å²) >= 11 is 6.57. The van der Waals surface area contributed by atoms with E-state index < -0.39 is 88.1 Å². The molecular weight excluding hydrogens is 910 g/mol. The van der Waals surface area contributed by atoms with Gasteiger partial charge in [0.1, 0.15) is 41.2 Å². The van der Waals surface area contributed by atoms with Crippen LogP contribution < -0.4 is 20.9 Å². The zero-order valence-electron chi connectivity index (χ0n) is 35.1. The number of rotatable bonds is 15. The molecule has 5 aromatic carbocycles. The van der Waals surface area contributed by atoms with E-state index in [0.29, 0.717) is 22.4 Å². The molecule has 7 rings (SSSR count). The minimum atomic E-state index is -4.04. The quantitative estimate of drug-likeness (QED) is 0.0452. The van der Waals surface area contributed by atoms with E-state index in [1.165, 1.54) is 25.2 Å². The summed E-state index contributed by atoms with van der Waals surface area (Å²) in [6.45, 7) is 0.0648. The number of halogens is 7. The van der Waals surface area contributed by atoms with E-state index in [2.05, 4.69) is 20.5 Å². The second-order valence-corrected chi connectivity index (χ2v) is 17.3. The highest BCUT2D eigenvalue weighted by molar-refractivity contribution is 7.89. The monoisotopic (exact) mass is 948 g/mol. The summed E-state index contributed by atoms with van der Waals surface area (Å²) in [5.74, 6) is -7.80. The summed E-state index contributed by atoms with van der Waals surface area (Å²) in [4.78, 5) is 34.2. The lowest BCUT2D eigenvalue weighted by Gasteiger charge is -2.26. The Morgan fingerprint density at radius 3 is 2.17 bits per heavy atom. The number of nitrogens with one attached hydrogen (secondary N) is 4. The summed E-state index contributed by atoms with van der Waals surface area (Å²) < 4.78 is 116. The number of anilines is 1. The molecule has 0 unspecified atom stereocenters. The second kappa shape index (κ2) is 18.9. The molecule has 0 fully saturated rings. The molecule has 12 nitrogen and oxygen atoms in total. The number of carbonyl (C=O) groups excluding carboxylic acids is 1. The van der Waals surface area contributed by atoms with Crippen LogP contribution in [0.4, 0.5) is 32.0 Å². The first-order chi connectivity index (χ1) is 31.3. The lowest BCUT2D eigenvalue weighted by Crippen LogP contribution is -2.38.